The molecular formula is C17H28N4O. The molecule has 0 N–H and O–H groups in total. The van der Waals surface area contributed by atoms with E-state index in [0.29, 0.717) is 18.2 Å². The molecule has 1 aliphatic carbocycles. The zero-order valence-electron chi connectivity index (χ0n) is 13.9. The summed E-state index contributed by atoms with van der Waals surface area (Å²) in [5, 5.41) is 8.49. The van der Waals surface area contributed by atoms with Gasteiger partial charge in [-0.15, -0.1) is 10.2 Å². The maximum absolute atomic E-state index is 12.6. The van der Waals surface area contributed by atoms with Gasteiger partial charge in [0.1, 0.15) is 6.33 Å². The van der Waals surface area contributed by atoms with Crippen molar-refractivity contribution >= 4 is 5.91 Å². The Hall–Kier alpha value is -1.39. The van der Waals surface area contributed by atoms with Gasteiger partial charge in [-0.1, -0.05) is 13.8 Å². The number of likely N-dealkylation sites (tertiary alicyclic amines) is 1. The largest absolute Gasteiger partial charge is 0.332 e. The highest BCUT2D eigenvalue weighted by molar-refractivity contribution is 5.76. The summed E-state index contributed by atoms with van der Waals surface area (Å²) in [6.07, 6.45) is 9.42. The summed E-state index contributed by atoms with van der Waals surface area (Å²) >= 11 is 0. The van der Waals surface area contributed by atoms with Gasteiger partial charge < -0.3 is 9.47 Å². The fourth-order valence-corrected chi connectivity index (χ4v) is 3.30. The van der Waals surface area contributed by atoms with Crippen LogP contribution < -0.4 is 0 Å². The van der Waals surface area contributed by atoms with Crippen molar-refractivity contribution in [1.29, 1.82) is 0 Å². The SMILES string of the molecule is CC(C)CCC(=O)N1CCCCC1c1nncn1CC1CC1. The van der Waals surface area contributed by atoms with E-state index in [1.807, 2.05) is 6.33 Å². The molecule has 5 nitrogen and oxygen atoms in total. The second-order valence-electron chi connectivity index (χ2n) is 7.32. The van der Waals surface area contributed by atoms with Crippen molar-refractivity contribution in [2.45, 2.75) is 71.4 Å². The summed E-state index contributed by atoms with van der Waals surface area (Å²) in [4.78, 5) is 14.7. The van der Waals surface area contributed by atoms with Gasteiger partial charge in [-0.3, -0.25) is 4.79 Å². The zero-order valence-corrected chi connectivity index (χ0v) is 13.9. The number of hydrogen-bond acceptors (Lipinski definition) is 3. The highest BCUT2D eigenvalue weighted by atomic mass is 16.2. The van der Waals surface area contributed by atoms with E-state index in [2.05, 4.69) is 33.5 Å². The summed E-state index contributed by atoms with van der Waals surface area (Å²) in [7, 11) is 0. The van der Waals surface area contributed by atoms with Gasteiger partial charge in [0, 0.05) is 19.5 Å². The maximum atomic E-state index is 12.6. The van der Waals surface area contributed by atoms with Crippen LogP contribution in [0, 0.1) is 11.8 Å². The van der Waals surface area contributed by atoms with Crippen molar-refractivity contribution in [3.05, 3.63) is 12.2 Å². The molecule has 2 heterocycles. The van der Waals surface area contributed by atoms with Gasteiger partial charge in [-0.2, -0.15) is 0 Å². The van der Waals surface area contributed by atoms with Crippen LogP contribution in [0.3, 0.4) is 0 Å². The molecule has 3 rings (SSSR count). The van der Waals surface area contributed by atoms with Gasteiger partial charge in [0.05, 0.1) is 6.04 Å². The number of nitrogens with zero attached hydrogens (tertiary/aromatic N) is 4. The number of piperidine rings is 1. The van der Waals surface area contributed by atoms with Crippen LogP contribution in [0.15, 0.2) is 6.33 Å². The van der Waals surface area contributed by atoms with Crippen LogP contribution in [0.1, 0.15) is 70.7 Å². The van der Waals surface area contributed by atoms with Gasteiger partial charge in [-0.05, 0) is 50.4 Å². The molecule has 0 radical (unpaired) electrons. The van der Waals surface area contributed by atoms with Crippen LogP contribution in [0.4, 0.5) is 0 Å². The Morgan fingerprint density at radius 2 is 2.14 bits per heavy atom. The van der Waals surface area contributed by atoms with E-state index >= 15 is 0 Å². The minimum Gasteiger partial charge on any atom is -0.332 e. The van der Waals surface area contributed by atoms with E-state index in [-0.39, 0.29) is 6.04 Å². The molecule has 1 atom stereocenters. The van der Waals surface area contributed by atoms with Gasteiger partial charge >= 0.3 is 0 Å². The summed E-state index contributed by atoms with van der Waals surface area (Å²) in [6, 6.07) is 0.134. The highest BCUT2D eigenvalue weighted by Crippen LogP contribution is 2.34. The molecule has 1 saturated heterocycles. The van der Waals surface area contributed by atoms with Crippen molar-refractivity contribution in [2.24, 2.45) is 11.8 Å². The standard InChI is InChI=1S/C17H28N4O/c1-13(2)6-9-16(22)21-10-4-3-5-15(21)17-19-18-12-20(17)11-14-7-8-14/h12-15H,3-11H2,1-2H3. The molecule has 1 amide bonds. The monoisotopic (exact) mass is 304 g/mol. The van der Waals surface area contributed by atoms with Gasteiger partial charge in [0.2, 0.25) is 5.91 Å². The van der Waals surface area contributed by atoms with Gasteiger partial charge in [0.15, 0.2) is 5.82 Å². The molecule has 5 heteroatoms. The Labute approximate surface area is 133 Å². The van der Waals surface area contributed by atoms with E-state index in [1.54, 1.807) is 0 Å². The van der Waals surface area contributed by atoms with E-state index < -0.39 is 0 Å². The Morgan fingerprint density at radius 1 is 1.32 bits per heavy atom. The second-order valence-corrected chi connectivity index (χ2v) is 7.32. The molecule has 122 valence electrons. The lowest BCUT2D eigenvalue weighted by molar-refractivity contribution is -0.135. The number of rotatable bonds is 6. The molecule has 1 saturated carbocycles. The molecule has 1 aromatic heterocycles. The van der Waals surface area contributed by atoms with Gasteiger partial charge in [-0.25, -0.2) is 0 Å². The minimum absolute atomic E-state index is 0.134. The molecule has 1 aromatic rings. The van der Waals surface area contributed by atoms with Crippen LogP contribution in [0.5, 0.6) is 0 Å². The third kappa shape index (κ3) is 3.68. The molecule has 2 aliphatic rings. The van der Waals surface area contributed by atoms with Crippen molar-refractivity contribution in [2.75, 3.05) is 6.54 Å². The topological polar surface area (TPSA) is 51.0 Å². The number of carbonyl (C=O) groups is 1. The minimum atomic E-state index is 0.134. The van der Waals surface area contributed by atoms with E-state index in [4.69, 9.17) is 0 Å². The quantitative estimate of drug-likeness (QED) is 0.811. The summed E-state index contributed by atoms with van der Waals surface area (Å²) < 4.78 is 2.19. The molecule has 22 heavy (non-hydrogen) atoms. The lowest BCUT2D eigenvalue weighted by Crippen LogP contribution is -2.39. The first-order chi connectivity index (χ1) is 10.6. The Kier molecular flexibility index (Phi) is 4.79. The van der Waals surface area contributed by atoms with Crippen LogP contribution in [-0.2, 0) is 11.3 Å². The molecular weight excluding hydrogens is 276 g/mol. The molecule has 0 bridgehead atoms. The number of aromatic nitrogens is 3. The lowest BCUT2D eigenvalue weighted by atomic mass is 9.99. The third-order valence-corrected chi connectivity index (χ3v) is 4.85. The van der Waals surface area contributed by atoms with Gasteiger partial charge in [0.25, 0.3) is 0 Å². The first kappa shape index (κ1) is 15.5. The second kappa shape index (κ2) is 6.80. The summed E-state index contributed by atoms with van der Waals surface area (Å²) in [6.45, 7) is 6.24. The fourth-order valence-electron chi connectivity index (χ4n) is 3.30. The normalized spacial score (nSPS) is 22.3. The summed E-state index contributed by atoms with van der Waals surface area (Å²) in [5.41, 5.74) is 0. The number of carbonyl (C=O) groups excluding carboxylic acids is 1. The molecule has 1 unspecified atom stereocenters. The molecule has 2 fully saturated rings. The predicted molar refractivity (Wildman–Crippen MR) is 85.1 cm³/mol. The van der Waals surface area contributed by atoms with E-state index in [9.17, 15) is 4.79 Å². The fraction of sp³-hybridized carbons (Fsp3) is 0.824. The number of hydrogen-bond donors (Lipinski definition) is 0. The first-order valence-corrected chi connectivity index (χ1v) is 8.82. The number of amides is 1. The van der Waals surface area contributed by atoms with Crippen LogP contribution in [0.2, 0.25) is 0 Å². The molecule has 1 aliphatic heterocycles. The first-order valence-electron chi connectivity index (χ1n) is 8.82. The van der Waals surface area contributed by atoms with Crippen LogP contribution in [0.25, 0.3) is 0 Å². The van der Waals surface area contributed by atoms with Crippen molar-refractivity contribution in [3.63, 3.8) is 0 Å². The highest BCUT2D eigenvalue weighted by Gasteiger charge is 2.32. The Morgan fingerprint density at radius 3 is 2.86 bits per heavy atom. The van der Waals surface area contributed by atoms with Crippen molar-refractivity contribution in [1.82, 2.24) is 19.7 Å². The third-order valence-electron chi connectivity index (χ3n) is 4.85. The van der Waals surface area contributed by atoms with Crippen LogP contribution >= 0.6 is 0 Å². The lowest BCUT2D eigenvalue weighted by Gasteiger charge is -2.35. The van der Waals surface area contributed by atoms with Crippen molar-refractivity contribution < 1.29 is 4.79 Å². The average Bonchev–Trinajstić information content (AvgIpc) is 3.21. The Bertz CT molecular complexity index is 507. The predicted octanol–water partition coefficient (Wildman–Crippen LogP) is 3.18. The van der Waals surface area contributed by atoms with E-state index in [1.165, 1.54) is 19.3 Å². The average molecular weight is 304 g/mol. The summed E-state index contributed by atoms with van der Waals surface area (Å²) in [5.74, 6) is 2.66. The molecule has 0 aromatic carbocycles. The van der Waals surface area contributed by atoms with E-state index in [0.717, 1.165) is 44.1 Å². The van der Waals surface area contributed by atoms with Crippen LogP contribution in [-0.4, -0.2) is 32.1 Å². The maximum Gasteiger partial charge on any atom is 0.223 e. The zero-order chi connectivity index (χ0) is 15.5. The smallest absolute Gasteiger partial charge is 0.223 e. The molecule has 0 spiro atoms. The Balaban J connectivity index is 1.71. The van der Waals surface area contributed by atoms with Crippen molar-refractivity contribution in [3.8, 4) is 0 Å².